The second kappa shape index (κ2) is 9.00. The van der Waals surface area contributed by atoms with Gasteiger partial charge in [-0.05, 0) is 36.6 Å². The number of rotatable bonds is 4. The molecule has 3 rings (SSSR count). The van der Waals surface area contributed by atoms with Crippen LogP contribution in [0.3, 0.4) is 0 Å². The Hall–Kier alpha value is -2.40. The third-order valence-corrected chi connectivity index (χ3v) is 5.26. The lowest BCUT2D eigenvalue weighted by molar-refractivity contribution is 0.189. The van der Waals surface area contributed by atoms with Crippen molar-refractivity contribution in [2.24, 2.45) is 0 Å². The van der Waals surface area contributed by atoms with E-state index >= 15 is 0 Å². The van der Waals surface area contributed by atoms with Gasteiger partial charge in [-0.1, -0.05) is 42.6 Å². The lowest BCUT2D eigenvalue weighted by Gasteiger charge is -2.31. The molecule has 6 heteroatoms. The summed E-state index contributed by atoms with van der Waals surface area (Å²) in [5.74, 6) is 1.20. The van der Waals surface area contributed by atoms with Crippen molar-refractivity contribution >= 4 is 23.3 Å². The van der Waals surface area contributed by atoms with Crippen molar-refractivity contribution in [2.75, 3.05) is 26.1 Å². The second-order valence-electron chi connectivity index (χ2n) is 6.58. The Balaban J connectivity index is 1.83. The molecule has 1 atom stereocenters. The number of urea groups is 1. The van der Waals surface area contributed by atoms with Crippen molar-refractivity contribution in [3.8, 4) is 11.5 Å². The predicted octanol–water partition coefficient (Wildman–Crippen LogP) is 5.51. The van der Waals surface area contributed by atoms with Gasteiger partial charge in [-0.25, -0.2) is 4.79 Å². The molecule has 0 unspecified atom stereocenters. The van der Waals surface area contributed by atoms with Crippen LogP contribution in [0.2, 0.25) is 5.02 Å². The van der Waals surface area contributed by atoms with E-state index < -0.39 is 0 Å². The van der Waals surface area contributed by atoms with E-state index in [1.54, 1.807) is 26.4 Å². The van der Waals surface area contributed by atoms with Crippen molar-refractivity contribution in [1.29, 1.82) is 0 Å². The number of likely N-dealkylation sites (tertiary alicyclic amines) is 1. The van der Waals surface area contributed by atoms with Gasteiger partial charge in [-0.3, -0.25) is 0 Å². The third-order valence-electron chi connectivity index (χ3n) is 4.91. The van der Waals surface area contributed by atoms with Crippen molar-refractivity contribution in [3.05, 3.63) is 53.1 Å². The Morgan fingerprint density at radius 1 is 1.07 bits per heavy atom. The highest BCUT2D eigenvalue weighted by atomic mass is 35.5. The zero-order chi connectivity index (χ0) is 19.2. The topological polar surface area (TPSA) is 50.8 Å². The highest BCUT2D eigenvalue weighted by Crippen LogP contribution is 2.35. The Kier molecular flexibility index (Phi) is 6.45. The van der Waals surface area contributed by atoms with Gasteiger partial charge in [0.2, 0.25) is 0 Å². The number of halogens is 1. The van der Waals surface area contributed by atoms with Gasteiger partial charge >= 0.3 is 6.03 Å². The molecule has 1 fully saturated rings. The molecule has 1 saturated heterocycles. The molecule has 0 bridgehead atoms. The number of carbonyl (C=O) groups is 1. The quantitative estimate of drug-likeness (QED) is 0.751. The Labute approximate surface area is 165 Å². The van der Waals surface area contributed by atoms with E-state index in [0.29, 0.717) is 28.8 Å². The van der Waals surface area contributed by atoms with Gasteiger partial charge in [0.05, 0.1) is 20.3 Å². The van der Waals surface area contributed by atoms with Gasteiger partial charge < -0.3 is 19.7 Å². The highest BCUT2D eigenvalue weighted by molar-refractivity contribution is 6.31. The molecule has 5 nitrogen and oxygen atoms in total. The molecule has 144 valence electrons. The number of hydrogen-bond acceptors (Lipinski definition) is 3. The normalized spacial score (nSPS) is 17.1. The molecule has 1 N–H and O–H groups in total. The van der Waals surface area contributed by atoms with Crippen LogP contribution in [0, 0.1) is 0 Å². The van der Waals surface area contributed by atoms with Gasteiger partial charge in [0.15, 0.2) is 11.5 Å². The van der Waals surface area contributed by atoms with Crippen molar-refractivity contribution < 1.29 is 14.3 Å². The van der Waals surface area contributed by atoms with Crippen molar-refractivity contribution in [2.45, 2.75) is 31.7 Å². The summed E-state index contributed by atoms with van der Waals surface area (Å²) in [6.07, 6.45) is 4.08. The van der Waals surface area contributed by atoms with E-state index in [1.165, 1.54) is 0 Å². The number of nitrogens with zero attached hydrogens (tertiary/aromatic N) is 1. The van der Waals surface area contributed by atoms with Crippen LogP contribution in [0.25, 0.3) is 0 Å². The Morgan fingerprint density at radius 2 is 1.85 bits per heavy atom. The van der Waals surface area contributed by atoms with E-state index in [0.717, 1.165) is 31.2 Å². The van der Waals surface area contributed by atoms with Crippen LogP contribution in [0.15, 0.2) is 42.5 Å². The van der Waals surface area contributed by atoms with Gasteiger partial charge in [0, 0.05) is 23.3 Å². The summed E-state index contributed by atoms with van der Waals surface area (Å²) < 4.78 is 10.6. The molecule has 2 aromatic carbocycles. The number of anilines is 1. The lowest BCUT2D eigenvalue weighted by Crippen LogP contribution is -2.38. The minimum absolute atomic E-state index is 0.0265. The first-order chi connectivity index (χ1) is 13.1. The summed E-state index contributed by atoms with van der Waals surface area (Å²) in [5, 5.41) is 3.70. The molecule has 0 saturated carbocycles. The largest absolute Gasteiger partial charge is 0.493 e. The molecule has 0 spiro atoms. The molecule has 2 aromatic rings. The van der Waals surface area contributed by atoms with Gasteiger partial charge in [0.1, 0.15) is 0 Å². The van der Waals surface area contributed by atoms with Gasteiger partial charge in [-0.15, -0.1) is 0 Å². The number of ether oxygens (including phenoxy) is 2. The average Bonchev–Trinajstić information content (AvgIpc) is 2.94. The molecule has 1 aliphatic heterocycles. The number of hydrogen-bond donors (Lipinski definition) is 1. The fourth-order valence-electron chi connectivity index (χ4n) is 3.53. The SMILES string of the molecule is COc1ccc(NC(=O)N2CCCCC[C@H]2c2ccccc2Cl)cc1OC. The number of methoxy groups -OCH3 is 2. The number of carbonyl (C=O) groups excluding carboxylic acids is 1. The zero-order valence-corrected chi connectivity index (χ0v) is 16.5. The molecule has 1 heterocycles. The first-order valence-corrected chi connectivity index (χ1v) is 9.56. The van der Waals surface area contributed by atoms with E-state index in [9.17, 15) is 4.79 Å². The fraction of sp³-hybridized carbons (Fsp3) is 0.381. The standard InChI is InChI=1S/C21H25ClN2O3/c1-26-19-12-11-15(14-20(19)27-2)23-21(25)24-13-7-3-4-10-18(24)16-8-5-6-9-17(16)22/h5-6,8-9,11-12,14,18H,3-4,7,10,13H2,1-2H3,(H,23,25)/t18-/m0/s1. The monoisotopic (exact) mass is 388 g/mol. The van der Waals surface area contributed by atoms with Crippen LogP contribution in [-0.4, -0.2) is 31.7 Å². The maximum atomic E-state index is 13.1. The van der Waals surface area contributed by atoms with Crippen LogP contribution in [0.4, 0.5) is 10.5 Å². The first kappa shape index (κ1) is 19.4. The fourth-order valence-corrected chi connectivity index (χ4v) is 3.79. The molecular weight excluding hydrogens is 364 g/mol. The van der Waals surface area contributed by atoms with Crippen LogP contribution >= 0.6 is 11.6 Å². The Bertz CT molecular complexity index is 797. The maximum Gasteiger partial charge on any atom is 0.322 e. The number of amides is 2. The Morgan fingerprint density at radius 3 is 2.59 bits per heavy atom. The minimum Gasteiger partial charge on any atom is -0.493 e. The lowest BCUT2D eigenvalue weighted by atomic mass is 10.0. The highest BCUT2D eigenvalue weighted by Gasteiger charge is 2.28. The van der Waals surface area contributed by atoms with E-state index in [2.05, 4.69) is 5.32 Å². The molecule has 0 radical (unpaired) electrons. The van der Waals surface area contributed by atoms with Gasteiger partial charge in [0.25, 0.3) is 0 Å². The van der Waals surface area contributed by atoms with Crippen LogP contribution in [0.1, 0.15) is 37.3 Å². The van der Waals surface area contributed by atoms with Gasteiger partial charge in [-0.2, -0.15) is 0 Å². The predicted molar refractivity (Wildman–Crippen MR) is 108 cm³/mol. The smallest absolute Gasteiger partial charge is 0.322 e. The van der Waals surface area contributed by atoms with E-state index in [4.69, 9.17) is 21.1 Å². The molecule has 0 aromatic heterocycles. The summed E-state index contributed by atoms with van der Waals surface area (Å²) in [4.78, 5) is 15.0. The van der Waals surface area contributed by atoms with Crippen molar-refractivity contribution in [3.63, 3.8) is 0 Å². The van der Waals surface area contributed by atoms with Crippen LogP contribution in [0.5, 0.6) is 11.5 Å². The average molecular weight is 389 g/mol. The maximum absolute atomic E-state index is 13.1. The third kappa shape index (κ3) is 4.48. The summed E-state index contributed by atoms with van der Waals surface area (Å²) in [5.41, 5.74) is 1.67. The minimum atomic E-state index is -0.131. The van der Waals surface area contributed by atoms with Crippen LogP contribution in [-0.2, 0) is 0 Å². The molecular formula is C21H25ClN2O3. The molecule has 2 amide bonds. The molecule has 1 aliphatic rings. The van der Waals surface area contributed by atoms with Crippen LogP contribution < -0.4 is 14.8 Å². The summed E-state index contributed by atoms with van der Waals surface area (Å²) >= 11 is 6.43. The number of benzene rings is 2. The first-order valence-electron chi connectivity index (χ1n) is 9.18. The summed E-state index contributed by atoms with van der Waals surface area (Å²) in [6, 6.07) is 13.0. The molecule has 27 heavy (non-hydrogen) atoms. The molecule has 0 aliphatic carbocycles. The summed E-state index contributed by atoms with van der Waals surface area (Å²) in [7, 11) is 3.16. The van der Waals surface area contributed by atoms with E-state index in [1.807, 2.05) is 35.2 Å². The number of nitrogens with one attached hydrogen (secondary N) is 1. The van der Waals surface area contributed by atoms with Crippen molar-refractivity contribution in [1.82, 2.24) is 4.90 Å². The zero-order valence-electron chi connectivity index (χ0n) is 15.7. The summed E-state index contributed by atoms with van der Waals surface area (Å²) in [6.45, 7) is 0.703. The van der Waals surface area contributed by atoms with E-state index in [-0.39, 0.29) is 12.1 Å². The second-order valence-corrected chi connectivity index (χ2v) is 6.99.